The maximum absolute atomic E-state index is 2.70. The summed E-state index contributed by atoms with van der Waals surface area (Å²) in [5.41, 5.74) is 20.6. The number of benzene rings is 7. The second-order valence-electron chi connectivity index (χ2n) is 16.9. The largest absolute Gasteiger partial charge is 0.309 e. The highest BCUT2D eigenvalue weighted by Crippen LogP contribution is 2.53. The first kappa shape index (κ1) is 34.0. The second kappa shape index (κ2) is 13.3. The number of nitrogens with zero attached hydrogens (tertiary/aromatic N) is 2. The average Bonchev–Trinajstić information content (AvgIpc) is 3.88. The van der Waals surface area contributed by atoms with Crippen molar-refractivity contribution in [3.63, 3.8) is 0 Å². The van der Waals surface area contributed by atoms with Crippen LogP contribution in [-0.4, -0.2) is 6.71 Å². The predicted molar refractivity (Wildman–Crippen MR) is 255 cm³/mol. The molecule has 0 atom stereocenters. The normalized spacial score (nSPS) is 15.2. The van der Waals surface area contributed by atoms with E-state index in [1.165, 1.54) is 140 Å². The monoisotopic (exact) mass is 792 g/mol. The molecule has 0 saturated heterocycles. The van der Waals surface area contributed by atoms with Crippen LogP contribution in [0.3, 0.4) is 0 Å². The molecule has 0 radical (unpaired) electrons. The van der Waals surface area contributed by atoms with Crippen LogP contribution in [0.4, 0.5) is 33.4 Å². The standard InChI is InChI=1S/C54H41BN2S2/c1-3-16-34(17-4-1)42-30-36-20-7-9-22-38(36)32-46(42)56-44-26-15-27-45-51(44)55(53-52(56)41-25-12-14-29-49(41)58-53)50-40-24-11-13-28-48(40)59-54(50)57(45)47-33-39-23-10-8-21-37(39)31-43(47)35-18-5-2-6-19-35/h1-6,11-19,24-33H,7-10,20-23H2. The molecule has 0 fully saturated rings. The fourth-order valence-corrected chi connectivity index (χ4v) is 13.5. The van der Waals surface area contributed by atoms with E-state index in [0.717, 1.165) is 25.7 Å². The number of thiophene rings is 2. The molecular formula is C54H41BN2S2. The Morgan fingerprint density at radius 2 is 0.898 bits per heavy atom. The number of aryl methyl sites for hydroxylation is 4. The van der Waals surface area contributed by atoms with Crippen molar-refractivity contribution in [2.75, 3.05) is 9.80 Å². The number of fused-ring (bicyclic) bond motifs is 10. The van der Waals surface area contributed by atoms with E-state index in [4.69, 9.17) is 0 Å². The van der Waals surface area contributed by atoms with Crippen molar-refractivity contribution >= 4 is 98.7 Å². The Balaban J connectivity index is 1.15. The summed E-state index contributed by atoms with van der Waals surface area (Å²) in [6.45, 7) is 0.0999. The van der Waals surface area contributed by atoms with E-state index in [1.54, 1.807) is 0 Å². The Morgan fingerprint density at radius 1 is 0.407 bits per heavy atom. The zero-order valence-electron chi connectivity index (χ0n) is 32.9. The van der Waals surface area contributed by atoms with Gasteiger partial charge < -0.3 is 9.80 Å². The molecule has 2 aliphatic carbocycles. The molecule has 2 aromatic heterocycles. The van der Waals surface area contributed by atoms with Crippen LogP contribution >= 0.6 is 22.7 Å². The highest BCUT2D eigenvalue weighted by atomic mass is 32.1. The van der Waals surface area contributed by atoms with Crippen molar-refractivity contribution in [1.29, 1.82) is 0 Å². The molecule has 2 nitrogen and oxygen atoms in total. The van der Waals surface area contributed by atoms with Gasteiger partial charge in [0.05, 0.1) is 22.1 Å². The topological polar surface area (TPSA) is 6.48 Å². The molecule has 59 heavy (non-hydrogen) atoms. The summed E-state index contributed by atoms with van der Waals surface area (Å²) in [6, 6.07) is 58.1. The van der Waals surface area contributed by atoms with Gasteiger partial charge in [0.15, 0.2) is 0 Å². The lowest BCUT2D eigenvalue weighted by atomic mass is 9.36. The van der Waals surface area contributed by atoms with Crippen molar-refractivity contribution < 1.29 is 0 Å². The first-order valence-corrected chi connectivity index (χ1v) is 23.1. The van der Waals surface area contributed by atoms with Gasteiger partial charge in [0.2, 0.25) is 0 Å². The number of anilines is 6. The molecule has 0 spiro atoms. The molecule has 0 bridgehead atoms. The Labute approximate surface area is 354 Å². The maximum Gasteiger partial charge on any atom is 0.266 e. The van der Waals surface area contributed by atoms with Crippen molar-refractivity contribution in [2.45, 2.75) is 51.4 Å². The van der Waals surface area contributed by atoms with Crippen LogP contribution in [0.1, 0.15) is 47.9 Å². The van der Waals surface area contributed by atoms with Crippen LogP contribution in [0.15, 0.2) is 152 Å². The van der Waals surface area contributed by atoms with E-state index in [0.29, 0.717) is 0 Å². The third kappa shape index (κ3) is 5.11. The van der Waals surface area contributed by atoms with Crippen molar-refractivity contribution in [3.05, 3.63) is 174 Å². The minimum atomic E-state index is 0.0999. The smallest absolute Gasteiger partial charge is 0.266 e. The molecule has 13 rings (SSSR count). The third-order valence-corrected chi connectivity index (χ3v) is 16.0. The number of hydrogen-bond donors (Lipinski definition) is 0. The van der Waals surface area contributed by atoms with Gasteiger partial charge in [-0.05, 0) is 150 Å². The Bertz CT molecular complexity index is 3140. The van der Waals surface area contributed by atoms with Gasteiger partial charge in [-0.3, -0.25) is 0 Å². The van der Waals surface area contributed by atoms with E-state index in [2.05, 4.69) is 161 Å². The lowest BCUT2D eigenvalue weighted by Crippen LogP contribution is -2.60. The van der Waals surface area contributed by atoms with Crippen molar-refractivity contribution in [2.24, 2.45) is 0 Å². The van der Waals surface area contributed by atoms with E-state index < -0.39 is 0 Å². The molecule has 0 N–H and O–H groups in total. The van der Waals surface area contributed by atoms with Gasteiger partial charge in [0, 0.05) is 42.1 Å². The minimum absolute atomic E-state index is 0.0999. The van der Waals surface area contributed by atoms with E-state index in [9.17, 15) is 0 Å². The van der Waals surface area contributed by atoms with Crippen LogP contribution in [0.2, 0.25) is 0 Å². The zero-order valence-corrected chi connectivity index (χ0v) is 34.5. The Kier molecular flexibility index (Phi) is 7.68. The number of hydrogen-bond acceptors (Lipinski definition) is 4. The maximum atomic E-state index is 2.70. The summed E-state index contributed by atoms with van der Waals surface area (Å²) in [5, 5.41) is 4.06. The summed E-state index contributed by atoms with van der Waals surface area (Å²) >= 11 is 3.97. The first-order valence-electron chi connectivity index (χ1n) is 21.5. The molecule has 0 amide bonds. The lowest BCUT2D eigenvalue weighted by Gasteiger charge is -2.43. The summed E-state index contributed by atoms with van der Waals surface area (Å²) in [7, 11) is 0. The van der Waals surface area contributed by atoms with Crippen LogP contribution in [0.5, 0.6) is 0 Å². The summed E-state index contributed by atoms with van der Waals surface area (Å²) in [6.07, 6.45) is 9.61. The van der Waals surface area contributed by atoms with Gasteiger partial charge in [0.25, 0.3) is 6.71 Å². The zero-order chi connectivity index (χ0) is 38.6. The highest BCUT2D eigenvalue weighted by Gasteiger charge is 2.47. The molecule has 0 saturated carbocycles. The van der Waals surface area contributed by atoms with Crippen molar-refractivity contribution in [3.8, 4) is 22.3 Å². The fraction of sp³-hybridized carbons (Fsp3) is 0.148. The van der Waals surface area contributed by atoms with Gasteiger partial charge in [-0.25, -0.2) is 0 Å². The van der Waals surface area contributed by atoms with Gasteiger partial charge >= 0.3 is 0 Å². The SMILES string of the molecule is c1ccc(-c2cc3c(cc2N2c4cccc5c4B(c4sc6ccccc6c4N5c4cc5c(cc4-c4ccccc4)CCCC5)c4c2sc2ccccc42)CCCC3)cc1. The van der Waals surface area contributed by atoms with Crippen LogP contribution in [-0.2, 0) is 25.7 Å². The molecule has 282 valence electrons. The fourth-order valence-electron chi connectivity index (χ4n) is 10.9. The number of rotatable bonds is 4. The minimum Gasteiger partial charge on any atom is -0.309 e. The first-order chi connectivity index (χ1) is 29.3. The average molecular weight is 793 g/mol. The third-order valence-electron chi connectivity index (χ3n) is 13.6. The van der Waals surface area contributed by atoms with E-state index >= 15 is 0 Å². The predicted octanol–water partition coefficient (Wildman–Crippen LogP) is 13.3. The molecule has 9 aromatic rings. The molecular weight excluding hydrogens is 752 g/mol. The van der Waals surface area contributed by atoms with E-state index in [1.807, 2.05) is 22.7 Å². The summed E-state index contributed by atoms with van der Waals surface area (Å²) < 4.78 is 4.14. The van der Waals surface area contributed by atoms with Crippen LogP contribution in [0.25, 0.3) is 42.4 Å². The van der Waals surface area contributed by atoms with Gasteiger partial charge in [-0.15, -0.1) is 22.7 Å². The van der Waals surface area contributed by atoms with Gasteiger partial charge in [-0.1, -0.05) is 103 Å². The lowest BCUT2D eigenvalue weighted by molar-refractivity contribution is 0.686. The van der Waals surface area contributed by atoms with E-state index in [-0.39, 0.29) is 6.71 Å². The molecule has 4 heterocycles. The van der Waals surface area contributed by atoms with Crippen LogP contribution < -0.4 is 25.5 Å². The molecule has 7 aromatic carbocycles. The summed E-state index contributed by atoms with van der Waals surface area (Å²) in [4.78, 5) is 5.39. The molecule has 2 aliphatic heterocycles. The summed E-state index contributed by atoms with van der Waals surface area (Å²) in [5.74, 6) is 0. The second-order valence-corrected chi connectivity index (χ2v) is 19.0. The molecule has 5 heteroatoms. The molecule has 4 aliphatic rings. The Morgan fingerprint density at radius 3 is 1.51 bits per heavy atom. The van der Waals surface area contributed by atoms with Crippen LogP contribution in [0, 0.1) is 0 Å². The van der Waals surface area contributed by atoms with Crippen molar-refractivity contribution in [1.82, 2.24) is 0 Å². The highest BCUT2D eigenvalue weighted by molar-refractivity contribution is 7.35. The molecule has 0 unspecified atom stereocenters. The Hall–Kier alpha value is -5.88. The quantitative estimate of drug-likeness (QED) is 0.164. The van der Waals surface area contributed by atoms with Gasteiger partial charge in [0.1, 0.15) is 0 Å². The van der Waals surface area contributed by atoms with Gasteiger partial charge in [-0.2, -0.15) is 0 Å².